The molecular weight excluding hydrogens is 376 g/mol. The molecule has 1 aromatic carbocycles. The summed E-state index contributed by atoms with van der Waals surface area (Å²) < 4.78 is 1.84. The summed E-state index contributed by atoms with van der Waals surface area (Å²) in [6.07, 6.45) is 10.5. The number of hydrogen-bond donors (Lipinski definition) is 2. The zero-order chi connectivity index (χ0) is 20.1. The first-order valence-electron chi connectivity index (χ1n) is 10.6. The van der Waals surface area contributed by atoms with E-state index in [2.05, 4.69) is 61.0 Å². The highest BCUT2D eigenvalue weighted by atomic mass is 15.3. The highest BCUT2D eigenvalue weighted by molar-refractivity contribution is 5.97. The van der Waals surface area contributed by atoms with Crippen LogP contribution in [-0.4, -0.2) is 55.3 Å². The predicted octanol–water partition coefficient (Wildman–Crippen LogP) is 2.92. The molecule has 0 spiro atoms. The van der Waals surface area contributed by atoms with E-state index >= 15 is 0 Å². The Balaban J connectivity index is 1.30. The van der Waals surface area contributed by atoms with Gasteiger partial charge in [0, 0.05) is 48.5 Å². The van der Waals surface area contributed by atoms with E-state index in [4.69, 9.17) is 0 Å². The number of aromatic nitrogens is 6. The summed E-state index contributed by atoms with van der Waals surface area (Å²) in [6, 6.07) is 12.0. The Bertz CT molecular complexity index is 1150. The van der Waals surface area contributed by atoms with E-state index in [9.17, 15) is 0 Å². The molecule has 0 unspecified atom stereocenters. The molecule has 3 aromatic heterocycles. The molecule has 0 saturated carbocycles. The van der Waals surface area contributed by atoms with Crippen LogP contribution in [-0.2, 0) is 0 Å². The lowest BCUT2D eigenvalue weighted by Gasteiger charge is -2.36. The van der Waals surface area contributed by atoms with Gasteiger partial charge in [0.1, 0.15) is 0 Å². The van der Waals surface area contributed by atoms with Crippen LogP contribution in [0, 0.1) is 0 Å². The Morgan fingerprint density at radius 1 is 1.07 bits per heavy atom. The second kappa shape index (κ2) is 6.91. The molecule has 6 rings (SSSR count). The van der Waals surface area contributed by atoms with Crippen LogP contribution in [0.1, 0.15) is 25.7 Å². The number of fused-ring (bicyclic) bond motifs is 3. The number of H-pyrrole nitrogens is 1. The van der Waals surface area contributed by atoms with Gasteiger partial charge in [-0.3, -0.25) is 5.10 Å². The van der Waals surface area contributed by atoms with Gasteiger partial charge in [-0.15, -0.1) is 10.2 Å². The normalized spacial score (nSPS) is 23.2. The van der Waals surface area contributed by atoms with Gasteiger partial charge in [0.05, 0.1) is 23.1 Å². The molecule has 2 aliphatic rings. The van der Waals surface area contributed by atoms with E-state index in [1.807, 2.05) is 29.2 Å². The molecule has 0 radical (unpaired) electrons. The first kappa shape index (κ1) is 17.6. The van der Waals surface area contributed by atoms with Crippen molar-refractivity contribution in [3.8, 4) is 16.9 Å². The van der Waals surface area contributed by atoms with Crippen LogP contribution in [0.5, 0.6) is 0 Å². The Morgan fingerprint density at radius 3 is 2.67 bits per heavy atom. The van der Waals surface area contributed by atoms with Crippen molar-refractivity contribution in [3.05, 3.63) is 48.9 Å². The van der Waals surface area contributed by atoms with Gasteiger partial charge in [-0.1, -0.05) is 0 Å². The fourth-order valence-electron chi connectivity index (χ4n) is 5.03. The van der Waals surface area contributed by atoms with E-state index < -0.39 is 0 Å². The molecule has 2 saturated heterocycles. The first-order chi connectivity index (χ1) is 14.8. The molecule has 8 heteroatoms. The summed E-state index contributed by atoms with van der Waals surface area (Å²) in [5.41, 5.74) is 3.74. The average molecular weight is 400 g/mol. The third kappa shape index (κ3) is 2.87. The van der Waals surface area contributed by atoms with Crippen molar-refractivity contribution in [2.45, 2.75) is 43.8 Å². The Labute approximate surface area is 174 Å². The number of piperidine rings is 1. The Kier molecular flexibility index (Phi) is 4.05. The second-order valence-corrected chi connectivity index (χ2v) is 8.39. The lowest BCUT2D eigenvalue weighted by atomic mass is 9.98. The number of anilines is 1. The van der Waals surface area contributed by atoms with Gasteiger partial charge in [-0.25, -0.2) is 4.68 Å². The summed E-state index contributed by atoms with van der Waals surface area (Å²) in [5, 5.41) is 25.6. The third-order valence-electron chi connectivity index (χ3n) is 6.63. The molecule has 2 N–H and O–H groups in total. The monoisotopic (exact) mass is 400 g/mol. The van der Waals surface area contributed by atoms with Crippen molar-refractivity contribution >= 4 is 16.7 Å². The van der Waals surface area contributed by atoms with E-state index in [0.29, 0.717) is 18.1 Å². The Hall–Kier alpha value is -3.26. The predicted molar refractivity (Wildman–Crippen MR) is 116 cm³/mol. The molecular formula is C22H24N8. The maximum Gasteiger partial charge on any atom is 0.151 e. The fourth-order valence-corrected chi connectivity index (χ4v) is 5.03. The van der Waals surface area contributed by atoms with Crippen molar-refractivity contribution in [3.63, 3.8) is 0 Å². The van der Waals surface area contributed by atoms with Gasteiger partial charge in [0.15, 0.2) is 5.82 Å². The second-order valence-electron chi connectivity index (χ2n) is 8.39. The number of nitrogens with zero attached hydrogens (tertiary/aromatic N) is 6. The van der Waals surface area contributed by atoms with Crippen LogP contribution in [0.4, 0.5) is 5.82 Å². The highest BCUT2D eigenvalue weighted by Crippen LogP contribution is 2.32. The van der Waals surface area contributed by atoms with Gasteiger partial charge < -0.3 is 10.2 Å². The fraction of sp³-hybridized carbons (Fsp3) is 0.364. The van der Waals surface area contributed by atoms with Crippen LogP contribution < -0.4 is 10.2 Å². The maximum atomic E-state index is 4.57. The van der Waals surface area contributed by atoms with Gasteiger partial charge in [-0.05, 0) is 56.0 Å². The lowest BCUT2D eigenvalue weighted by molar-refractivity contribution is 0.353. The highest BCUT2D eigenvalue weighted by Gasteiger charge is 2.35. The molecule has 2 aliphatic heterocycles. The summed E-state index contributed by atoms with van der Waals surface area (Å²) in [5.74, 6) is 0.930. The molecule has 4 aromatic rings. The summed E-state index contributed by atoms with van der Waals surface area (Å²) >= 11 is 0. The molecule has 0 aliphatic carbocycles. The SMILES string of the molecule is CN(c1ccc(-c2ccc(-n3cccn3)c3cn[nH]c23)nn1)[C@@H]1C[C@H]2CC[C@@H](C1)N2. The molecule has 8 nitrogen and oxygen atoms in total. The van der Waals surface area contributed by atoms with Crippen molar-refractivity contribution < 1.29 is 0 Å². The van der Waals surface area contributed by atoms with Gasteiger partial charge in [0.25, 0.3) is 0 Å². The van der Waals surface area contributed by atoms with Crippen molar-refractivity contribution in [1.82, 2.24) is 35.5 Å². The molecule has 0 amide bonds. The molecule has 5 heterocycles. The summed E-state index contributed by atoms with van der Waals surface area (Å²) in [6.45, 7) is 0. The largest absolute Gasteiger partial charge is 0.355 e. The zero-order valence-electron chi connectivity index (χ0n) is 16.9. The van der Waals surface area contributed by atoms with Crippen LogP contribution in [0.25, 0.3) is 27.8 Å². The van der Waals surface area contributed by atoms with Crippen LogP contribution in [0.3, 0.4) is 0 Å². The molecule has 152 valence electrons. The third-order valence-corrected chi connectivity index (χ3v) is 6.63. The quantitative estimate of drug-likeness (QED) is 0.548. The maximum absolute atomic E-state index is 4.57. The summed E-state index contributed by atoms with van der Waals surface area (Å²) in [4.78, 5) is 2.30. The lowest BCUT2D eigenvalue weighted by Crippen LogP contribution is -2.47. The topological polar surface area (TPSA) is 87.6 Å². The molecule has 2 fully saturated rings. The minimum atomic E-state index is 0.525. The van der Waals surface area contributed by atoms with E-state index in [1.165, 1.54) is 25.7 Å². The van der Waals surface area contributed by atoms with E-state index in [0.717, 1.165) is 33.7 Å². The Morgan fingerprint density at radius 2 is 1.93 bits per heavy atom. The van der Waals surface area contributed by atoms with Crippen LogP contribution in [0.15, 0.2) is 48.9 Å². The smallest absolute Gasteiger partial charge is 0.151 e. The van der Waals surface area contributed by atoms with Crippen LogP contribution in [0.2, 0.25) is 0 Å². The molecule has 30 heavy (non-hydrogen) atoms. The van der Waals surface area contributed by atoms with Crippen LogP contribution >= 0.6 is 0 Å². The first-order valence-corrected chi connectivity index (χ1v) is 10.6. The zero-order valence-corrected chi connectivity index (χ0v) is 16.9. The molecule has 3 atom stereocenters. The average Bonchev–Trinajstić information content (AvgIpc) is 3.54. The standard InChI is InChI=1S/C22H24N8/c1-29(16-11-14-3-4-15(12-16)25-14)21-8-6-19(26-27-21)17-5-7-20(30-10-2-9-24-30)18-13-23-28-22(17)18/h2,5-10,13-16,25H,3-4,11-12H2,1H3,(H,23,28)/t14-,15+,16-. The van der Waals surface area contributed by atoms with Crippen molar-refractivity contribution in [2.24, 2.45) is 0 Å². The summed E-state index contributed by atoms with van der Waals surface area (Å²) in [7, 11) is 2.14. The van der Waals surface area contributed by atoms with Gasteiger partial charge in [-0.2, -0.15) is 10.2 Å². The minimum Gasteiger partial charge on any atom is -0.355 e. The van der Waals surface area contributed by atoms with Crippen molar-refractivity contribution in [2.75, 3.05) is 11.9 Å². The van der Waals surface area contributed by atoms with Gasteiger partial charge in [0.2, 0.25) is 0 Å². The number of aromatic amines is 1. The van der Waals surface area contributed by atoms with Gasteiger partial charge >= 0.3 is 0 Å². The number of nitrogens with one attached hydrogen (secondary N) is 2. The molecule has 2 bridgehead atoms. The van der Waals surface area contributed by atoms with E-state index in [1.54, 1.807) is 6.20 Å². The van der Waals surface area contributed by atoms with E-state index in [-0.39, 0.29) is 0 Å². The van der Waals surface area contributed by atoms with Crippen molar-refractivity contribution in [1.29, 1.82) is 0 Å². The number of hydrogen-bond acceptors (Lipinski definition) is 6. The number of rotatable bonds is 4. The minimum absolute atomic E-state index is 0.525. The number of benzene rings is 1.